The van der Waals surface area contributed by atoms with E-state index in [4.69, 9.17) is 0 Å². The van der Waals surface area contributed by atoms with Crippen molar-refractivity contribution in [1.29, 1.82) is 0 Å². The van der Waals surface area contributed by atoms with Gasteiger partial charge in [0.25, 0.3) is 0 Å². The van der Waals surface area contributed by atoms with Gasteiger partial charge in [0.05, 0.1) is 0 Å². The number of urea groups is 1. The lowest BCUT2D eigenvalue weighted by molar-refractivity contribution is 0.182. The first-order chi connectivity index (χ1) is 9.72. The molecule has 0 saturated carbocycles. The van der Waals surface area contributed by atoms with Crippen molar-refractivity contribution < 1.29 is 4.79 Å². The number of nitrogens with zero attached hydrogens (tertiary/aromatic N) is 1. The van der Waals surface area contributed by atoms with Crippen LogP contribution in [0.25, 0.3) is 0 Å². The quantitative estimate of drug-likeness (QED) is 0.826. The normalized spacial score (nSPS) is 22.2. The van der Waals surface area contributed by atoms with E-state index in [0.717, 1.165) is 44.7 Å². The molecule has 2 heterocycles. The predicted octanol–water partition coefficient (Wildman–Crippen LogP) is 2.60. The lowest BCUT2D eigenvalue weighted by Crippen LogP contribution is -2.41. The van der Waals surface area contributed by atoms with Gasteiger partial charge in [0.2, 0.25) is 0 Å². The van der Waals surface area contributed by atoms with E-state index in [-0.39, 0.29) is 6.03 Å². The molecule has 1 atom stereocenters. The minimum Gasteiger partial charge on any atom is -0.324 e. The van der Waals surface area contributed by atoms with E-state index in [2.05, 4.69) is 29.7 Å². The summed E-state index contributed by atoms with van der Waals surface area (Å²) in [5.74, 6) is 0.613. The van der Waals surface area contributed by atoms with Gasteiger partial charge in [0, 0.05) is 25.3 Å². The van der Waals surface area contributed by atoms with Crippen LogP contribution in [0, 0.1) is 5.92 Å². The van der Waals surface area contributed by atoms with Gasteiger partial charge in [-0.25, -0.2) is 4.79 Å². The molecule has 0 aromatic heterocycles. The molecule has 0 aliphatic carbocycles. The Labute approximate surface area is 120 Å². The molecule has 1 aromatic rings. The summed E-state index contributed by atoms with van der Waals surface area (Å²) in [6.45, 7) is 5.91. The number of hydrogen-bond acceptors (Lipinski definition) is 2. The monoisotopic (exact) mass is 273 g/mol. The van der Waals surface area contributed by atoms with Crippen molar-refractivity contribution in [1.82, 2.24) is 10.2 Å². The number of carbonyl (C=O) groups excluding carboxylic acids is 1. The highest BCUT2D eigenvalue weighted by molar-refractivity contribution is 5.89. The molecule has 0 radical (unpaired) electrons. The average Bonchev–Trinajstić information content (AvgIpc) is 2.47. The molecule has 2 amide bonds. The Balaban J connectivity index is 1.66. The molecular formula is C16H23N3O. The second-order valence-electron chi connectivity index (χ2n) is 6.03. The Hall–Kier alpha value is -1.55. The largest absolute Gasteiger partial charge is 0.324 e. The van der Waals surface area contributed by atoms with Crippen LogP contribution in [-0.2, 0) is 13.0 Å². The van der Waals surface area contributed by atoms with E-state index >= 15 is 0 Å². The van der Waals surface area contributed by atoms with Gasteiger partial charge >= 0.3 is 6.03 Å². The highest BCUT2D eigenvalue weighted by Crippen LogP contribution is 2.20. The molecule has 2 aliphatic rings. The maximum absolute atomic E-state index is 12.3. The summed E-state index contributed by atoms with van der Waals surface area (Å²) in [4.78, 5) is 14.2. The van der Waals surface area contributed by atoms with Gasteiger partial charge < -0.3 is 15.5 Å². The molecule has 1 unspecified atom stereocenters. The molecule has 1 saturated heterocycles. The maximum Gasteiger partial charge on any atom is 0.321 e. The number of benzene rings is 1. The van der Waals surface area contributed by atoms with Crippen molar-refractivity contribution in [2.24, 2.45) is 5.92 Å². The Morgan fingerprint density at radius 1 is 1.40 bits per heavy atom. The highest BCUT2D eigenvalue weighted by atomic mass is 16.2. The second kappa shape index (κ2) is 5.83. The fourth-order valence-electron chi connectivity index (χ4n) is 3.13. The molecular weight excluding hydrogens is 250 g/mol. The third-order valence-electron chi connectivity index (χ3n) is 4.29. The number of rotatable bonds is 1. The first-order valence-corrected chi connectivity index (χ1v) is 7.61. The lowest BCUT2D eigenvalue weighted by atomic mass is 10.00. The maximum atomic E-state index is 12.3. The fraction of sp³-hybridized carbons (Fsp3) is 0.562. The van der Waals surface area contributed by atoms with Gasteiger partial charge in [-0.05, 0) is 55.0 Å². The first kappa shape index (κ1) is 13.4. The number of anilines is 1. The number of piperidine rings is 1. The van der Waals surface area contributed by atoms with Gasteiger partial charge in [-0.15, -0.1) is 0 Å². The van der Waals surface area contributed by atoms with Gasteiger partial charge in [0.1, 0.15) is 0 Å². The minimum absolute atomic E-state index is 0.0419. The van der Waals surface area contributed by atoms with Crippen LogP contribution in [0.15, 0.2) is 18.2 Å². The topological polar surface area (TPSA) is 44.4 Å². The molecule has 20 heavy (non-hydrogen) atoms. The van der Waals surface area contributed by atoms with Crippen molar-refractivity contribution in [3.05, 3.63) is 29.3 Å². The van der Waals surface area contributed by atoms with Crippen molar-refractivity contribution in [2.75, 3.05) is 25.0 Å². The zero-order valence-corrected chi connectivity index (χ0v) is 12.1. The molecule has 0 spiro atoms. The van der Waals surface area contributed by atoms with E-state index in [1.54, 1.807) is 0 Å². The summed E-state index contributed by atoms with van der Waals surface area (Å²) in [7, 11) is 0. The number of carbonyl (C=O) groups is 1. The standard InChI is InChI=1S/C16H23N3O/c1-12-3-2-8-19(11-12)16(20)18-15-5-4-13-6-7-17-10-14(13)9-15/h4-5,9,12,17H,2-3,6-8,10-11H2,1H3,(H,18,20). The van der Waals surface area contributed by atoms with Gasteiger partial charge in [-0.2, -0.15) is 0 Å². The van der Waals surface area contributed by atoms with Crippen LogP contribution in [0.3, 0.4) is 0 Å². The van der Waals surface area contributed by atoms with Gasteiger partial charge in [-0.3, -0.25) is 0 Å². The fourth-order valence-corrected chi connectivity index (χ4v) is 3.13. The molecule has 1 aromatic carbocycles. The van der Waals surface area contributed by atoms with Gasteiger partial charge in [0.15, 0.2) is 0 Å². The average molecular weight is 273 g/mol. The highest BCUT2D eigenvalue weighted by Gasteiger charge is 2.21. The molecule has 4 nitrogen and oxygen atoms in total. The van der Waals surface area contributed by atoms with E-state index < -0.39 is 0 Å². The number of likely N-dealkylation sites (tertiary alicyclic amines) is 1. The van der Waals surface area contributed by atoms with Gasteiger partial charge in [-0.1, -0.05) is 13.0 Å². The van der Waals surface area contributed by atoms with E-state index in [1.165, 1.54) is 17.5 Å². The van der Waals surface area contributed by atoms with Crippen LogP contribution in [0.2, 0.25) is 0 Å². The van der Waals surface area contributed by atoms with Crippen LogP contribution in [0.1, 0.15) is 30.9 Å². The molecule has 1 fully saturated rings. The first-order valence-electron chi connectivity index (χ1n) is 7.61. The number of nitrogens with one attached hydrogen (secondary N) is 2. The van der Waals surface area contributed by atoms with E-state index in [0.29, 0.717) is 5.92 Å². The van der Waals surface area contributed by atoms with Crippen molar-refractivity contribution >= 4 is 11.7 Å². The summed E-state index contributed by atoms with van der Waals surface area (Å²) >= 11 is 0. The zero-order valence-electron chi connectivity index (χ0n) is 12.1. The SMILES string of the molecule is CC1CCCN(C(=O)Nc2ccc3c(c2)CNCC3)C1. The van der Waals surface area contributed by atoms with Crippen LogP contribution in [0.5, 0.6) is 0 Å². The molecule has 2 N–H and O–H groups in total. The van der Waals surface area contributed by atoms with Crippen LogP contribution in [0.4, 0.5) is 10.5 Å². The van der Waals surface area contributed by atoms with E-state index in [1.807, 2.05) is 11.0 Å². The Morgan fingerprint density at radius 2 is 2.30 bits per heavy atom. The molecule has 4 heteroatoms. The minimum atomic E-state index is 0.0419. The third-order valence-corrected chi connectivity index (χ3v) is 4.29. The Bertz CT molecular complexity index is 500. The number of hydrogen-bond donors (Lipinski definition) is 2. The summed E-state index contributed by atoms with van der Waals surface area (Å²) in [6.07, 6.45) is 3.42. The van der Waals surface area contributed by atoms with E-state index in [9.17, 15) is 4.79 Å². The second-order valence-corrected chi connectivity index (χ2v) is 6.03. The summed E-state index contributed by atoms with van der Waals surface area (Å²) in [5, 5.41) is 6.41. The summed E-state index contributed by atoms with van der Waals surface area (Å²) in [6, 6.07) is 6.31. The van der Waals surface area contributed by atoms with Crippen LogP contribution in [-0.4, -0.2) is 30.6 Å². The molecule has 3 rings (SSSR count). The predicted molar refractivity (Wildman–Crippen MR) is 80.8 cm³/mol. The van der Waals surface area contributed by atoms with Crippen molar-refractivity contribution in [3.63, 3.8) is 0 Å². The van der Waals surface area contributed by atoms with Crippen LogP contribution < -0.4 is 10.6 Å². The van der Waals surface area contributed by atoms with Crippen molar-refractivity contribution in [2.45, 2.75) is 32.7 Å². The van der Waals surface area contributed by atoms with Crippen molar-refractivity contribution in [3.8, 4) is 0 Å². The Morgan fingerprint density at radius 3 is 3.15 bits per heavy atom. The third kappa shape index (κ3) is 2.96. The Kier molecular flexibility index (Phi) is 3.92. The van der Waals surface area contributed by atoms with Crippen LogP contribution >= 0.6 is 0 Å². The smallest absolute Gasteiger partial charge is 0.321 e. The summed E-state index contributed by atoms with van der Waals surface area (Å²) < 4.78 is 0. The molecule has 2 aliphatic heterocycles. The zero-order chi connectivity index (χ0) is 13.9. The number of fused-ring (bicyclic) bond motifs is 1. The molecule has 0 bridgehead atoms. The number of amides is 2. The molecule has 108 valence electrons. The lowest BCUT2D eigenvalue weighted by Gasteiger charge is -2.31. The summed E-state index contributed by atoms with van der Waals surface area (Å²) in [5.41, 5.74) is 3.62.